The van der Waals surface area contributed by atoms with Crippen molar-refractivity contribution in [2.24, 2.45) is 0 Å². The zero-order valence-electron chi connectivity index (χ0n) is 11.2. The molecule has 2 aromatic rings. The Balaban J connectivity index is 1.71. The average molecular weight is 291 g/mol. The molecule has 0 atom stereocenters. The van der Waals surface area contributed by atoms with E-state index in [1.54, 1.807) is 18.0 Å². The summed E-state index contributed by atoms with van der Waals surface area (Å²) < 4.78 is 5.21. The first-order valence-electron chi connectivity index (χ1n) is 6.60. The van der Waals surface area contributed by atoms with E-state index in [2.05, 4.69) is 5.16 Å². The number of halogens is 1. The number of hydrogen-bond donors (Lipinski definition) is 0. The van der Waals surface area contributed by atoms with Crippen molar-refractivity contribution >= 4 is 17.5 Å². The Morgan fingerprint density at radius 1 is 1.45 bits per heavy atom. The number of amides is 1. The Labute approximate surface area is 122 Å². The molecule has 1 aliphatic carbocycles. The molecule has 0 N–H and O–H groups in total. The molecular weight excluding hydrogens is 276 g/mol. The van der Waals surface area contributed by atoms with E-state index in [1.807, 2.05) is 24.3 Å². The zero-order chi connectivity index (χ0) is 14.1. The van der Waals surface area contributed by atoms with Gasteiger partial charge in [-0.15, -0.1) is 0 Å². The van der Waals surface area contributed by atoms with Gasteiger partial charge in [-0.25, -0.2) is 0 Å². The Hall–Kier alpha value is -1.81. The molecule has 5 heteroatoms. The Kier molecular flexibility index (Phi) is 3.49. The predicted molar refractivity (Wildman–Crippen MR) is 75.7 cm³/mol. The third-order valence-electron chi connectivity index (χ3n) is 3.44. The summed E-state index contributed by atoms with van der Waals surface area (Å²) >= 11 is 6.10. The van der Waals surface area contributed by atoms with Crippen molar-refractivity contribution in [3.63, 3.8) is 0 Å². The lowest BCUT2D eigenvalue weighted by Gasteiger charge is -2.16. The highest BCUT2D eigenvalue weighted by molar-refractivity contribution is 6.31. The summed E-state index contributed by atoms with van der Waals surface area (Å²) in [6, 6.07) is 9.25. The van der Waals surface area contributed by atoms with Gasteiger partial charge in [0.25, 0.3) is 5.91 Å². The van der Waals surface area contributed by atoms with Crippen molar-refractivity contribution in [3.05, 3.63) is 52.4 Å². The Morgan fingerprint density at radius 2 is 2.20 bits per heavy atom. The number of carbonyl (C=O) groups is 1. The van der Waals surface area contributed by atoms with Crippen LogP contribution in [-0.2, 0) is 6.54 Å². The van der Waals surface area contributed by atoms with Crippen molar-refractivity contribution in [3.8, 4) is 0 Å². The minimum atomic E-state index is -0.152. The van der Waals surface area contributed by atoms with Crippen molar-refractivity contribution < 1.29 is 9.32 Å². The standard InChI is InChI=1S/C15H15ClN2O2/c1-18(9-11-4-2-3-5-12(11)16)15(19)13-8-14(20-17-13)10-6-7-10/h2-5,8,10H,6-7,9H2,1H3. The first-order valence-corrected chi connectivity index (χ1v) is 6.98. The van der Waals surface area contributed by atoms with E-state index in [0.717, 1.165) is 24.2 Å². The van der Waals surface area contributed by atoms with Gasteiger partial charge >= 0.3 is 0 Å². The molecule has 0 unspecified atom stereocenters. The summed E-state index contributed by atoms with van der Waals surface area (Å²) in [4.78, 5) is 13.9. The molecule has 1 amide bonds. The molecule has 1 aromatic heterocycles. The Morgan fingerprint density at radius 3 is 2.90 bits per heavy atom. The smallest absolute Gasteiger partial charge is 0.276 e. The number of rotatable bonds is 4. The second-order valence-corrected chi connectivity index (χ2v) is 5.55. The van der Waals surface area contributed by atoms with Crippen molar-refractivity contribution in [2.45, 2.75) is 25.3 Å². The largest absolute Gasteiger partial charge is 0.360 e. The summed E-state index contributed by atoms with van der Waals surface area (Å²) in [5, 5.41) is 4.52. The molecule has 0 bridgehead atoms. The molecule has 0 spiro atoms. The van der Waals surface area contributed by atoms with Gasteiger partial charge in [0.2, 0.25) is 0 Å². The van der Waals surface area contributed by atoms with Crippen molar-refractivity contribution in [2.75, 3.05) is 7.05 Å². The highest BCUT2D eigenvalue weighted by atomic mass is 35.5. The van der Waals surface area contributed by atoms with Gasteiger partial charge in [0.05, 0.1) is 0 Å². The molecule has 0 saturated heterocycles. The summed E-state index contributed by atoms with van der Waals surface area (Å²) in [5.41, 5.74) is 1.28. The van der Waals surface area contributed by atoms with Crippen LogP contribution in [0.2, 0.25) is 5.02 Å². The van der Waals surface area contributed by atoms with Crippen LogP contribution in [0, 0.1) is 0 Å². The maximum absolute atomic E-state index is 12.3. The average Bonchev–Trinajstić information content (AvgIpc) is 3.18. The molecule has 1 fully saturated rings. The van der Waals surface area contributed by atoms with E-state index in [0.29, 0.717) is 23.2 Å². The summed E-state index contributed by atoms with van der Waals surface area (Å²) in [5.74, 6) is 1.12. The SMILES string of the molecule is CN(Cc1ccccc1Cl)C(=O)c1cc(C2CC2)on1. The highest BCUT2D eigenvalue weighted by Crippen LogP contribution is 2.40. The minimum absolute atomic E-state index is 0.152. The third kappa shape index (κ3) is 2.70. The first kappa shape index (κ1) is 13.2. The highest BCUT2D eigenvalue weighted by Gasteiger charge is 2.29. The number of nitrogens with zero attached hydrogens (tertiary/aromatic N) is 2. The fourth-order valence-corrected chi connectivity index (χ4v) is 2.30. The monoisotopic (exact) mass is 290 g/mol. The van der Waals surface area contributed by atoms with Crippen LogP contribution in [0.25, 0.3) is 0 Å². The van der Waals surface area contributed by atoms with E-state index >= 15 is 0 Å². The van der Waals surface area contributed by atoms with Crippen molar-refractivity contribution in [1.82, 2.24) is 10.1 Å². The first-order chi connectivity index (χ1) is 9.65. The van der Waals surface area contributed by atoms with Gasteiger partial charge in [-0.1, -0.05) is 35.0 Å². The molecule has 1 saturated carbocycles. The van der Waals surface area contributed by atoms with Crippen LogP contribution < -0.4 is 0 Å². The van der Waals surface area contributed by atoms with Crippen LogP contribution >= 0.6 is 11.6 Å². The molecule has 0 aliphatic heterocycles. The normalized spacial score (nSPS) is 14.3. The summed E-state index contributed by atoms with van der Waals surface area (Å²) in [6.07, 6.45) is 2.25. The summed E-state index contributed by atoms with van der Waals surface area (Å²) in [7, 11) is 1.73. The molecule has 3 rings (SSSR count). The topological polar surface area (TPSA) is 46.3 Å². The maximum atomic E-state index is 12.3. The fourth-order valence-electron chi connectivity index (χ4n) is 2.10. The molecule has 20 heavy (non-hydrogen) atoms. The van der Waals surface area contributed by atoms with Gasteiger partial charge in [0.15, 0.2) is 5.69 Å². The van der Waals surface area contributed by atoms with Crippen LogP contribution in [0.5, 0.6) is 0 Å². The lowest BCUT2D eigenvalue weighted by atomic mass is 10.2. The van der Waals surface area contributed by atoms with Gasteiger partial charge in [-0.3, -0.25) is 4.79 Å². The van der Waals surface area contributed by atoms with E-state index < -0.39 is 0 Å². The molecule has 1 aliphatic rings. The van der Waals surface area contributed by atoms with Crippen LogP contribution in [0.4, 0.5) is 0 Å². The lowest BCUT2D eigenvalue weighted by molar-refractivity contribution is 0.0774. The number of aromatic nitrogens is 1. The summed E-state index contributed by atoms with van der Waals surface area (Å²) in [6.45, 7) is 0.449. The quantitative estimate of drug-likeness (QED) is 0.866. The molecule has 1 aromatic carbocycles. The Bertz CT molecular complexity index is 634. The van der Waals surface area contributed by atoms with Gasteiger partial charge in [-0.2, -0.15) is 0 Å². The van der Waals surface area contributed by atoms with Crippen LogP contribution in [-0.4, -0.2) is 23.0 Å². The van der Waals surface area contributed by atoms with E-state index in [9.17, 15) is 4.79 Å². The molecule has 1 heterocycles. The van der Waals surface area contributed by atoms with Gasteiger partial charge in [0, 0.05) is 30.6 Å². The van der Waals surface area contributed by atoms with E-state index in [1.165, 1.54) is 0 Å². The molecule has 0 radical (unpaired) electrons. The molecule has 4 nitrogen and oxygen atoms in total. The second kappa shape index (κ2) is 5.29. The van der Waals surface area contributed by atoms with Crippen molar-refractivity contribution in [1.29, 1.82) is 0 Å². The minimum Gasteiger partial charge on any atom is -0.360 e. The zero-order valence-corrected chi connectivity index (χ0v) is 11.9. The van der Waals surface area contributed by atoms with Crippen LogP contribution in [0.15, 0.2) is 34.9 Å². The van der Waals surface area contributed by atoms with Gasteiger partial charge < -0.3 is 9.42 Å². The van der Waals surface area contributed by atoms with E-state index in [4.69, 9.17) is 16.1 Å². The molecular formula is C15H15ClN2O2. The van der Waals surface area contributed by atoms with Crippen LogP contribution in [0.1, 0.15) is 40.6 Å². The molecule has 104 valence electrons. The van der Waals surface area contributed by atoms with Gasteiger partial charge in [0.1, 0.15) is 5.76 Å². The second-order valence-electron chi connectivity index (χ2n) is 5.14. The predicted octanol–water partition coefficient (Wildman–Crippen LogP) is 3.48. The third-order valence-corrected chi connectivity index (χ3v) is 3.81. The number of hydrogen-bond acceptors (Lipinski definition) is 3. The van der Waals surface area contributed by atoms with Crippen LogP contribution in [0.3, 0.4) is 0 Å². The number of benzene rings is 1. The van der Waals surface area contributed by atoms with Gasteiger partial charge in [-0.05, 0) is 24.5 Å². The fraction of sp³-hybridized carbons (Fsp3) is 0.333. The number of carbonyl (C=O) groups excluding carboxylic acids is 1. The lowest BCUT2D eigenvalue weighted by Crippen LogP contribution is -2.26. The van der Waals surface area contributed by atoms with E-state index in [-0.39, 0.29) is 5.91 Å². The maximum Gasteiger partial charge on any atom is 0.276 e.